The quantitative estimate of drug-likeness (QED) is 0.618. The van der Waals surface area contributed by atoms with E-state index >= 15 is 0 Å². The Balaban J connectivity index is 2.50. The Morgan fingerprint density at radius 3 is 2.67 bits per heavy atom. The molecule has 0 aliphatic rings. The van der Waals surface area contributed by atoms with E-state index in [-0.39, 0.29) is 12.2 Å². The van der Waals surface area contributed by atoms with Crippen molar-refractivity contribution in [1.29, 1.82) is 0 Å². The van der Waals surface area contributed by atoms with Crippen LogP contribution in [0.25, 0.3) is 0 Å². The van der Waals surface area contributed by atoms with Gasteiger partial charge in [-0.2, -0.15) is 0 Å². The molecule has 6 nitrogen and oxygen atoms in total. The third-order valence-electron chi connectivity index (χ3n) is 1.42. The van der Waals surface area contributed by atoms with Gasteiger partial charge in [-0.1, -0.05) is 0 Å². The summed E-state index contributed by atoms with van der Waals surface area (Å²) in [7, 11) is 3.13. The Morgan fingerprint density at radius 1 is 1.58 bits per heavy atom. The first-order valence-corrected chi connectivity index (χ1v) is 3.46. The molecule has 0 radical (unpaired) electrons. The van der Waals surface area contributed by atoms with Crippen LogP contribution in [0.2, 0.25) is 0 Å². The van der Waals surface area contributed by atoms with Crippen LogP contribution in [-0.4, -0.2) is 35.3 Å². The minimum Gasteiger partial charge on any atom is -0.367 e. The molecule has 0 atom stereocenters. The van der Waals surface area contributed by atoms with Crippen LogP contribution in [0.15, 0.2) is 6.33 Å². The lowest BCUT2D eigenvalue weighted by atomic mass is 10.6. The summed E-state index contributed by atoms with van der Waals surface area (Å²) < 4.78 is 11.5. The number of aromatic nitrogens is 3. The number of hydrogen-bond donors (Lipinski definition) is 1. The summed E-state index contributed by atoms with van der Waals surface area (Å²) >= 11 is 0. The summed E-state index contributed by atoms with van der Waals surface area (Å²) in [5, 5.41) is 3.87. The molecule has 68 valence electrons. The molecule has 2 N–H and O–H groups in total. The lowest BCUT2D eigenvalue weighted by Crippen LogP contribution is -2.20. The Bertz CT molecular complexity index is 233. The molecule has 0 aromatic carbocycles. The summed E-state index contributed by atoms with van der Waals surface area (Å²) in [5.41, 5.74) is 5.31. The van der Waals surface area contributed by atoms with Gasteiger partial charge >= 0.3 is 0 Å². The minimum atomic E-state index is -0.314. The molecular formula is C6H12N4O2. The van der Waals surface area contributed by atoms with Gasteiger partial charge in [0.05, 0.1) is 6.54 Å². The van der Waals surface area contributed by atoms with Crippen molar-refractivity contribution in [2.45, 2.75) is 12.8 Å². The molecule has 0 spiro atoms. The van der Waals surface area contributed by atoms with Gasteiger partial charge in [0, 0.05) is 14.2 Å². The summed E-state index contributed by atoms with van der Waals surface area (Å²) in [6, 6.07) is 0. The van der Waals surface area contributed by atoms with Crippen LogP contribution >= 0.6 is 0 Å². The summed E-state index contributed by atoms with van der Waals surface area (Å²) in [6.45, 7) is 0.483. The van der Waals surface area contributed by atoms with Gasteiger partial charge in [-0.15, -0.1) is 5.10 Å². The second-order valence-electron chi connectivity index (χ2n) is 2.23. The van der Waals surface area contributed by atoms with Crippen molar-refractivity contribution in [3.05, 3.63) is 6.33 Å². The summed E-state index contributed by atoms with van der Waals surface area (Å²) in [6.07, 6.45) is 1.21. The molecular weight excluding hydrogens is 160 g/mol. The highest BCUT2D eigenvalue weighted by Crippen LogP contribution is 1.96. The first-order valence-electron chi connectivity index (χ1n) is 3.46. The monoisotopic (exact) mass is 172 g/mol. The van der Waals surface area contributed by atoms with Crippen molar-refractivity contribution < 1.29 is 9.47 Å². The van der Waals surface area contributed by atoms with Crippen molar-refractivity contribution in [3.63, 3.8) is 0 Å². The SMILES string of the molecule is COC(Cn1cnc(N)n1)OC. The Morgan fingerprint density at radius 2 is 2.25 bits per heavy atom. The zero-order valence-corrected chi connectivity index (χ0v) is 7.10. The van der Waals surface area contributed by atoms with Gasteiger partial charge in [0.25, 0.3) is 0 Å². The molecule has 0 saturated heterocycles. The fraction of sp³-hybridized carbons (Fsp3) is 0.667. The van der Waals surface area contributed by atoms with Gasteiger partial charge in [-0.3, -0.25) is 0 Å². The topological polar surface area (TPSA) is 75.2 Å². The maximum Gasteiger partial charge on any atom is 0.239 e. The molecule has 6 heteroatoms. The number of nitrogen functional groups attached to an aromatic ring is 1. The zero-order chi connectivity index (χ0) is 8.97. The zero-order valence-electron chi connectivity index (χ0n) is 7.10. The van der Waals surface area contributed by atoms with Crippen LogP contribution in [-0.2, 0) is 16.0 Å². The third kappa shape index (κ3) is 2.18. The second-order valence-corrected chi connectivity index (χ2v) is 2.23. The van der Waals surface area contributed by atoms with Crippen molar-refractivity contribution in [2.24, 2.45) is 0 Å². The minimum absolute atomic E-state index is 0.251. The fourth-order valence-electron chi connectivity index (χ4n) is 0.795. The van der Waals surface area contributed by atoms with E-state index < -0.39 is 0 Å². The van der Waals surface area contributed by atoms with Gasteiger partial charge in [0.2, 0.25) is 5.95 Å². The van der Waals surface area contributed by atoms with E-state index in [0.717, 1.165) is 0 Å². The number of nitrogens with two attached hydrogens (primary N) is 1. The maximum atomic E-state index is 5.31. The van der Waals surface area contributed by atoms with Crippen LogP contribution in [0.4, 0.5) is 5.95 Å². The third-order valence-corrected chi connectivity index (χ3v) is 1.42. The molecule has 0 unspecified atom stereocenters. The van der Waals surface area contributed by atoms with Gasteiger partial charge in [0.1, 0.15) is 6.33 Å². The molecule has 1 rings (SSSR count). The standard InChI is InChI=1S/C6H12N4O2/c1-11-5(12-2)3-10-4-8-6(7)9-10/h4-5H,3H2,1-2H3,(H2,7,9). The highest BCUT2D eigenvalue weighted by molar-refractivity contribution is 5.09. The van der Waals surface area contributed by atoms with Gasteiger partial charge < -0.3 is 15.2 Å². The van der Waals surface area contributed by atoms with Crippen LogP contribution in [0.5, 0.6) is 0 Å². The molecule has 0 aliphatic heterocycles. The predicted octanol–water partition coefficient (Wildman–Crippen LogP) is -0.521. The number of nitrogens with zero attached hydrogens (tertiary/aromatic N) is 3. The van der Waals surface area contributed by atoms with E-state index in [0.29, 0.717) is 6.54 Å². The highest BCUT2D eigenvalue weighted by Gasteiger charge is 2.06. The predicted molar refractivity (Wildman–Crippen MR) is 42.2 cm³/mol. The first kappa shape index (κ1) is 8.95. The van der Waals surface area contributed by atoms with Crippen molar-refractivity contribution in [2.75, 3.05) is 20.0 Å². The number of ether oxygens (including phenoxy) is 2. The molecule has 0 aliphatic carbocycles. The number of rotatable bonds is 4. The normalized spacial score (nSPS) is 10.9. The Hall–Kier alpha value is -1.14. The Kier molecular flexibility index (Phi) is 3.01. The molecule has 12 heavy (non-hydrogen) atoms. The van der Waals surface area contributed by atoms with Gasteiger partial charge in [-0.25, -0.2) is 9.67 Å². The van der Waals surface area contributed by atoms with E-state index in [2.05, 4.69) is 10.1 Å². The molecule has 0 saturated carbocycles. The molecule has 1 heterocycles. The van der Waals surface area contributed by atoms with Crippen LogP contribution < -0.4 is 5.73 Å². The fourth-order valence-corrected chi connectivity index (χ4v) is 0.795. The number of methoxy groups -OCH3 is 2. The average molecular weight is 172 g/mol. The lowest BCUT2D eigenvalue weighted by Gasteiger charge is -2.11. The van der Waals surface area contributed by atoms with E-state index in [9.17, 15) is 0 Å². The van der Waals surface area contributed by atoms with Crippen LogP contribution in [0, 0.1) is 0 Å². The van der Waals surface area contributed by atoms with E-state index in [4.69, 9.17) is 15.2 Å². The van der Waals surface area contributed by atoms with Gasteiger partial charge in [-0.05, 0) is 0 Å². The molecule has 0 fully saturated rings. The first-order chi connectivity index (χ1) is 5.76. The summed E-state index contributed by atoms with van der Waals surface area (Å²) in [4.78, 5) is 3.76. The van der Waals surface area contributed by atoms with Gasteiger partial charge in [0.15, 0.2) is 6.29 Å². The van der Waals surface area contributed by atoms with E-state index in [1.54, 1.807) is 18.9 Å². The maximum absolute atomic E-state index is 5.31. The van der Waals surface area contributed by atoms with E-state index in [1.807, 2.05) is 0 Å². The second kappa shape index (κ2) is 4.03. The molecule has 0 amide bonds. The number of anilines is 1. The smallest absolute Gasteiger partial charge is 0.239 e. The van der Waals surface area contributed by atoms with Crippen LogP contribution in [0.1, 0.15) is 0 Å². The molecule has 0 bridgehead atoms. The lowest BCUT2D eigenvalue weighted by molar-refractivity contribution is -0.112. The number of hydrogen-bond acceptors (Lipinski definition) is 5. The van der Waals surface area contributed by atoms with Crippen LogP contribution in [0.3, 0.4) is 0 Å². The Labute approximate surface area is 70.3 Å². The average Bonchev–Trinajstić information content (AvgIpc) is 2.47. The van der Waals surface area contributed by atoms with E-state index in [1.165, 1.54) is 6.33 Å². The highest BCUT2D eigenvalue weighted by atomic mass is 16.7. The largest absolute Gasteiger partial charge is 0.367 e. The van der Waals surface area contributed by atoms with Crippen molar-refractivity contribution in [1.82, 2.24) is 14.8 Å². The van der Waals surface area contributed by atoms with Crippen molar-refractivity contribution >= 4 is 5.95 Å². The summed E-state index contributed by atoms with van der Waals surface area (Å²) in [5.74, 6) is 0.251. The molecule has 1 aromatic rings. The van der Waals surface area contributed by atoms with Crippen molar-refractivity contribution in [3.8, 4) is 0 Å². The molecule has 1 aromatic heterocycles.